The van der Waals surface area contributed by atoms with Gasteiger partial charge in [-0.25, -0.2) is 4.98 Å². The first kappa shape index (κ1) is 14.2. The lowest BCUT2D eigenvalue weighted by Crippen LogP contribution is -2.20. The minimum absolute atomic E-state index is 0.0189. The lowest BCUT2D eigenvalue weighted by Gasteiger charge is -2.10. The summed E-state index contributed by atoms with van der Waals surface area (Å²) in [6, 6.07) is 3.60. The molecule has 8 heteroatoms. The SMILES string of the molecule is CCOC(=O)Cn1c(C(F)(F)F)nc2ccc(O)cc21. The Kier molecular flexibility index (Phi) is 3.56. The van der Waals surface area contributed by atoms with Gasteiger partial charge in [0.2, 0.25) is 5.82 Å². The van der Waals surface area contributed by atoms with Gasteiger partial charge in [-0.05, 0) is 19.1 Å². The summed E-state index contributed by atoms with van der Waals surface area (Å²) in [7, 11) is 0. The summed E-state index contributed by atoms with van der Waals surface area (Å²) in [6.07, 6.45) is -4.71. The fourth-order valence-corrected chi connectivity index (χ4v) is 1.82. The van der Waals surface area contributed by atoms with Crippen LogP contribution in [0.2, 0.25) is 0 Å². The van der Waals surface area contributed by atoms with E-state index in [9.17, 15) is 23.1 Å². The van der Waals surface area contributed by atoms with Crippen LogP contribution in [0.5, 0.6) is 5.75 Å². The Labute approximate surface area is 111 Å². The molecular formula is C12H11F3N2O3. The Balaban J connectivity index is 2.57. The number of phenolic OH excluding ortho intramolecular Hbond substituents is 1. The number of phenols is 1. The number of imidazole rings is 1. The zero-order chi connectivity index (χ0) is 14.9. The molecule has 0 spiro atoms. The molecular weight excluding hydrogens is 277 g/mol. The first-order chi connectivity index (χ1) is 9.32. The number of nitrogens with zero attached hydrogens (tertiary/aromatic N) is 2. The fraction of sp³-hybridized carbons (Fsp3) is 0.333. The van der Waals surface area contributed by atoms with E-state index < -0.39 is 24.5 Å². The molecule has 0 radical (unpaired) electrons. The van der Waals surface area contributed by atoms with Crippen LogP contribution in [0.1, 0.15) is 12.7 Å². The van der Waals surface area contributed by atoms with Gasteiger partial charge < -0.3 is 14.4 Å². The topological polar surface area (TPSA) is 64.4 Å². The van der Waals surface area contributed by atoms with Crippen LogP contribution < -0.4 is 0 Å². The predicted molar refractivity (Wildman–Crippen MR) is 63.0 cm³/mol. The maximum absolute atomic E-state index is 12.9. The highest BCUT2D eigenvalue weighted by atomic mass is 19.4. The molecule has 0 aliphatic rings. The monoisotopic (exact) mass is 288 g/mol. The fourth-order valence-electron chi connectivity index (χ4n) is 1.82. The molecule has 0 amide bonds. The van der Waals surface area contributed by atoms with Crippen LogP contribution in [0.3, 0.4) is 0 Å². The van der Waals surface area contributed by atoms with Gasteiger partial charge in [0.1, 0.15) is 12.3 Å². The first-order valence-electron chi connectivity index (χ1n) is 5.75. The van der Waals surface area contributed by atoms with Crippen molar-refractivity contribution in [1.29, 1.82) is 0 Å². The van der Waals surface area contributed by atoms with E-state index in [0.29, 0.717) is 4.57 Å². The van der Waals surface area contributed by atoms with E-state index in [4.69, 9.17) is 0 Å². The summed E-state index contributed by atoms with van der Waals surface area (Å²) in [5.74, 6) is -2.22. The van der Waals surface area contributed by atoms with Gasteiger partial charge in [0.15, 0.2) is 0 Å². The highest BCUT2D eigenvalue weighted by Crippen LogP contribution is 2.32. The van der Waals surface area contributed by atoms with Crippen molar-refractivity contribution in [3.63, 3.8) is 0 Å². The van der Waals surface area contributed by atoms with Gasteiger partial charge in [0.05, 0.1) is 17.6 Å². The van der Waals surface area contributed by atoms with Gasteiger partial charge in [-0.1, -0.05) is 0 Å². The van der Waals surface area contributed by atoms with E-state index in [0.717, 1.165) is 6.07 Å². The van der Waals surface area contributed by atoms with Gasteiger partial charge in [-0.3, -0.25) is 4.79 Å². The van der Waals surface area contributed by atoms with E-state index in [1.807, 2.05) is 0 Å². The lowest BCUT2D eigenvalue weighted by molar-refractivity contribution is -0.150. The first-order valence-corrected chi connectivity index (χ1v) is 5.75. The third kappa shape index (κ3) is 2.68. The third-order valence-electron chi connectivity index (χ3n) is 2.58. The number of aromatic hydroxyl groups is 1. The van der Waals surface area contributed by atoms with Gasteiger partial charge in [0, 0.05) is 6.07 Å². The molecule has 0 fully saturated rings. The summed E-state index contributed by atoms with van der Waals surface area (Å²) in [4.78, 5) is 14.9. The minimum Gasteiger partial charge on any atom is -0.508 e. The van der Waals surface area contributed by atoms with Crippen LogP contribution in [-0.2, 0) is 22.3 Å². The zero-order valence-corrected chi connectivity index (χ0v) is 10.4. The number of carbonyl (C=O) groups excluding carboxylic acids is 1. The maximum atomic E-state index is 12.9. The Hall–Kier alpha value is -2.25. The second kappa shape index (κ2) is 5.03. The number of carbonyl (C=O) groups is 1. The summed E-state index contributed by atoms with van der Waals surface area (Å²) in [5.41, 5.74) is 0.0600. The van der Waals surface area contributed by atoms with Crippen LogP contribution in [0.15, 0.2) is 18.2 Å². The van der Waals surface area contributed by atoms with Crippen molar-refractivity contribution in [2.24, 2.45) is 0 Å². The Morgan fingerprint density at radius 2 is 2.15 bits per heavy atom. The maximum Gasteiger partial charge on any atom is 0.449 e. The van der Waals surface area contributed by atoms with Crippen LogP contribution >= 0.6 is 0 Å². The lowest BCUT2D eigenvalue weighted by atomic mass is 10.3. The molecule has 2 rings (SSSR count). The number of benzene rings is 1. The quantitative estimate of drug-likeness (QED) is 0.880. The highest BCUT2D eigenvalue weighted by Gasteiger charge is 2.38. The van der Waals surface area contributed by atoms with E-state index in [-0.39, 0.29) is 23.4 Å². The van der Waals surface area contributed by atoms with Crippen LogP contribution in [-0.4, -0.2) is 27.2 Å². The summed E-state index contributed by atoms with van der Waals surface area (Å²) < 4.78 is 44.1. The van der Waals surface area contributed by atoms with Crippen LogP contribution in [0.25, 0.3) is 11.0 Å². The number of alkyl halides is 3. The zero-order valence-electron chi connectivity index (χ0n) is 10.4. The summed E-state index contributed by atoms with van der Waals surface area (Å²) in [5, 5.41) is 9.37. The van der Waals surface area contributed by atoms with E-state index in [1.54, 1.807) is 6.92 Å². The van der Waals surface area contributed by atoms with E-state index in [1.165, 1.54) is 12.1 Å². The number of hydrogen-bond acceptors (Lipinski definition) is 4. The number of halogens is 3. The summed E-state index contributed by atoms with van der Waals surface area (Å²) >= 11 is 0. The molecule has 1 heterocycles. The molecule has 0 aliphatic carbocycles. The molecule has 20 heavy (non-hydrogen) atoms. The van der Waals surface area contributed by atoms with Crippen molar-refractivity contribution in [2.75, 3.05) is 6.61 Å². The predicted octanol–water partition coefficient (Wildman–Crippen LogP) is 2.32. The molecule has 0 aliphatic heterocycles. The number of rotatable bonds is 3. The highest BCUT2D eigenvalue weighted by molar-refractivity contribution is 5.80. The third-order valence-corrected chi connectivity index (χ3v) is 2.58. The number of hydrogen-bond donors (Lipinski definition) is 1. The standard InChI is InChI=1S/C12H11F3N2O3/c1-2-20-10(19)6-17-9-5-7(18)3-4-8(9)16-11(17)12(13,14)15/h3-5,18H,2,6H2,1H3. The molecule has 0 saturated heterocycles. The molecule has 1 aromatic carbocycles. The molecule has 2 aromatic rings. The van der Waals surface area contributed by atoms with Gasteiger partial charge in [0.25, 0.3) is 0 Å². The Morgan fingerprint density at radius 3 is 2.75 bits per heavy atom. The molecule has 0 saturated carbocycles. The summed E-state index contributed by atoms with van der Waals surface area (Å²) in [6.45, 7) is 1.00. The second-order valence-corrected chi connectivity index (χ2v) is 4.00. The number of fused-ring (bicyclic) bond motifs is 1. The molecule has 108 valence electrons. The molecule has 5 nitrogen and oxygen atoms in total. The molecule has 0 unspecified atom stereocenters. The van der Waals surface area contributed by atoms with E-state index in [2.05, 4.69) is 9.72 Å². The van der Waals surface area contributed by atoms with Crippen molar-refractivity contribution in [3.8, 4) is 5.75 Å². The van der Waals surface area contributed by atoms with Crippen molar-refractivity contribution >= 4 is 17.0 Å². The molecule has 1 aromatic heterocycles. The molecule has 0 bridgehead atoms. The van der Waals surface area contributed by atoms with Crippen LogP contribution in [0.4, 0.5) is 13.2 Å². The number of esters is 1. The minimum atomic E-state index is -4.71. The van der Waals surface area contributed by atoms with Crippen molar-refractivity contribution in [3.05, 3.63) is 24.0 Å². The number of ether oxygens (including phenoxy) is 1. The van der Waals surface area contributed by atoms with Gasteiger partial charge in [-0.2, -0.15) is 13.2 Å². The van der Waals surface area contributed by atoms with Gasteiger partial charge >= 0.3 is 12.1 Å². The smallest absolute Gasteiger partial charge is 0.449 e. The average molecular weight is 288 g/mol. The van der Waals surface area contributed by atoms with Crippen molar-refractivity contribution < 1.29 is 27.8 Å². The average Bonchev–Trinajstić information content (AvgIpc) is 2.68. The van der Waals surface area contributed by atoms with Crippen molar-refractivity contribution in [2.45, 2.75) is 19.6 Å². The largest absolute Gasteiger partial charge is 0.508 e. The van der Waals surface area contributed by atoms with Gasteiger partial charge in [-0.15, -0.1) is 0 Å². The molecule has 0 atom stereocenters. The Bertz CT molecular complexity index is 649. The van der Waals surface area contributed by atoms with E-state index >= 15 is 0 Å². The second-order valence-electron chi connectivity index (χ2n) is 4.00. The normalized spacial score (nSPS) is 11.8. The van der Waals surface area contributed by atoms with Crippen molar-refractivity contribution in [1.82, 2.24) is 9.55 Å². The Morgan fingerprint density at radius 1 is 1.45 bits per heavy atom. The molecule has 1 N–H and O–H groups in total. The van der Waals surface area contributed by atoms with Crippen LogP contribution in [0, 0.1) is 0 Å². The number of aromatic nitrogens is 2.